The van der Waals surface area contributed by atoms with E-state index in [1.54, 1.807) is 13.2 Å². The van der Waals surface area contributed by atoms with Gasteiger partial charge in [0, 0.05) is 25.7 Å². The first kappa shape index (κ1) is 15.1. The third-order valence-electron chi connectivity index (χ3n) is 2.67. The number of nitrogens with one attached hydrogen (secondary N) is 1. The third kappa shape index (κ3) is 4.66. The lowest BCUT2D eigenvalue weighted by molar-refractivity contribution is 0.396. The summed E-state index contributed by atoms with van der Waals surface area (Å²) in [7, 11) is 3.70. The van der Waals surface area contributed by atoms with Gasteiger partial charge in [-0.3, -0.25) is 0 Å². The fourth-order valence-corrected chi connectivity index (χ4v) is 1.78. The van der Waals surface area contributed by atoms with E-state index in [1.807, 2.05) is 25.2 Å². The number of ether oxygens (including phenoxy) is 1. The quantitative estimate of drug-likeness (QED) is 0.485. The highest BCUT2D eigenvalue weighted by Crippen LogP contribution is 2.18. The molecule has 0 aromatic heterocycles. The lowest BCUT2D eigenvalue weighted by atomic mass is 10.2. The van der Waals surface area contributed by atoms with Crippen LogP contribution in [-0.4, -0.2) is 38.1 Å². The summed E-state index contributed by atoms with van der Waals surface area (Å²) in [5.74, 6) is 1.77. The molecule has 19 heavy (non-hydrogen) atoms. The van der Waals surface area contributed by atoms with Crippen LogP contribution < -0.4 is 10.1 Å². The standard InChI is InChI=1S/C15H23N3O/c1-5-11-17-15(16-6-2)18(3)12-13-9-7-8-10-14(13)19-4/h5,7-10H,1,6,11-12H2,2-4H3,(H,16,17). The second-order valence-electron chi connectivity index (χ2n) is 4.15. The highest BCUT2D eigenvalue weighted by molar-refractivity contribution is 5.79. The van der Waals surface area contributed by atoms with Crippen molar-refractivity contribution in [3.8, 4) is 5.75 Å². The van der Waals surface area contributed by atoms with Crippen molar-refractivity contribution >= 4 is 5.96 Å². The maximum Gasteiger partial charge on any atom is 0.194 e. The first-order chi connectivity index (χ1) is 9.22. The molecule has 0 heterocycles. The van der Waals surface area contributed by atoms with Crippen LogP contribution in [0.1, 0.15) is 12.5 Å². The Balaban J connectivity index is 2.80. The number of aliphatic imine (C=N–C) groups is 1. The average molecular weight is 261 g/mol. The molecule has 0 atom stereocenters. The molecule has 0 amide bonds. The van der Waals surface area contributed by atoms with Crippen molar-refractivity contribution in [2.24, 2.45) is 4.99 Å². The van der Waals surface area contributed by atoms with Crippen LogP contribution >= 0.6 is 0 Å². The Labute approximate surface area is 115 Å². The molecule has 0 fully saturated rings. The van der Waals surface area contributed by atoms with Gasteiger partial charge in [0.05, 0.1) is 13.7 Å². The molecule has 0 aliphatic carbocycles. The lowest BCUT2D eigenvalue weighted by Crippen LogP contribution is -2.38. The van der Waals surface area contributed by atoms with Crippen LogP contribution in [0, 0.1) is 0 Å². The molecule has 1 aromatic carbocycles. The number of methoxy groups -OCH3 is 1. The number of benzene rings is 1. The van der Waals surface area contributed by atoms with Crippen LogP contribution in [0.3, 0.4) is 0 Å². The fourth-order valence-electron chi connectivity index (χ4n) is 1.78. The number of rotatable bonds is 6. The molecule has 104 valence electrons. The second-order valence-corrected chi connectivity index (χ2v) is 4.15. The van der Waals surface area contributed by atoms with Gasteiger partial charge in [-0.25, -0.2) is 4.99 Å². The van der Waals surface area contributed by atoms with Gasteiger partial charge in [-0.2, -0.15) is 0 Å². The molecule has 0 saturated carbocycles. The van der Waals surface area contributed by atoms with E-state index in [0.717, 1.165) is 30.4 Å². The maximum absolute atomic E-state index is 5.36. The zero-order chi connectivity index (χ0) is 14.1. The van der Waals surface area contributed by atoms with Crippen LogP contribution in [-0.2, 0) is 6.54 Å². The molecular weight excluding hydrogens is 238 g/mol. The van der Waals surface area contributed by atoms with Crippen molar-refractivity contribution < 1.29 is 4.74 Å². The van der Waals surface area contributed by atoms with E-state index in [1.165, 1.54) is 0 Å². The predicted molar refractivity (Wildman–Crippen MR) is 80.6 cm³/mol. The van der Waals surface area contributed by atoms with E-state index in [-0.39, 0.29) is 0 Å². The minimum absolute atomic E-state index is 0.610. The van der Waals surface area contributed by atoms with E-state index in [9.17, 15) is 0 Å². The average Bonchev–Trinajstić information content (AvgIpc) is 2.44. The van der Waals surface area contributed by atoms with Gasteiger partial charge in [-0.05, 0) is 13.0 Å². The number of para-hydroxylation sites is 1. The number of hydrogen-bond donors (Lipinski definition) is 1. The molecule has 0 saturated heterocycles. The number of hydrogen-bond acceptors (Lipinski definition) is 2. The van der Waals surface area contributed by atoms with Crippen molar-refractivity contribution in [2.75, 3.05) is 27.2 Å². The minimum atomic E-state index is 0.610. The molecule has 1 rings (SSSR count). The predicted octanol–water partition coefficient (Wildman–Crippen LogP) is 2.28. The van der Waals surface area contributed by atoms with Crippen molar-refractivity contribution in [3.63, 3.8) is 0 Å². The Bertz CT molecular complexity index is 429. The van der Waals surface area contributed by atoms with Crippen molar-refractivity contribution in [2.45, 2.75) is 13.5 Å². The highest BCUT2D eigenvalue weighted by atomic mass is 16.5. The van der Waals surface area contributed by atoms with Crippen molar-refractivity contribution in [1.82, 2.24) is 10.2 Å². The molecule has 4 heteroatoms. The van der Waals surface area contributed by atoms with Crippen LogP contribution in [0.4, 0.5) is 0 Å². The SMILES string of the molecule is C=CCN=C(NCC)N(C)Cc1ccccc1OC. The molecule has 0 aliphatic rings. The van der Waals surface area contributed by atoms with Gasteiger partial charge in [-0.15, -0.1) is 6.58 Å². The second kappa shape index (κ2) is 8.19. The summed E-state index contributed by atoms with van der Waals surface area (Å²) >= 11 is 0. The van der Waals surface area contributed by atoms with Crippen LogP contribution in [0.25, 0.3) is 0 Å². The Morgan fingerprint density at radius 3 is 2.84 bits per heavy atom. The Morgan fingerprint density at radius 1 is 1.47 bits per heavy atom. The summed E-state index contributed by atoms with van der Waals surface area (Å²) in [4.78, 5) is 6.53. The minimum Gasteiger partial charge on any atom is -0.496 e. The lowest BCUT2D eigenvalue weighted by Gasteiger charge is -2.22. The summed E-state index contributed by atoms with van der Waals surface area (Å²) in [5.41, 5.74) is 1.14. The van der Waals surface area contributed by atoms with Crippen LogP contribution in [0.2, 0.25) is 0 Å². The molecule has 0 unspecified atom stereocenters. The van der Waals surface area contributed by atoms with E-state index in [0.29, 0.717) is 6.54 Å². The normalized spacial score (nSPS) is 11.0. The van der Waals surface area contributed by atoms with Gasteiger partial charge >= 0.3 is 0 Å². The summed E-state index contributed by atoms with van der Waals surface area (Å²) < 4.78 is 5.36. The monoisotopic (exact) mass is 261 g/mol. The molecule has 0 aliphatic heterocycles. The summed E-state index contributed by atoms with van der Waals surface area (Å²) in [6, 6.07) is 8.02. The maximum atomic E-state index is 5.36. The van der Waals surface area contributed by atoms with Gasteiger partial charge in [0.2, 0.25) is 0 Å². The number of guanidine groups is 1. The first-order valence-corrected chi connectivity index (χ1v) is 6.45. The van der Waals surface area contributed by atoms with Gasteiger partial charge in [0.25, 0.3) is 0 Å². The molecule has 0 spiro atoms. The molecule has 1 aromatic rings. The smallest absolute Gasteiger partial charge is 0.194 e. The molecule has 0 bridgehead atoms. The Kier molecular flexibility index (Phi) is 6.50. The summed E-state index contributed by atoms with van der Waals surface area (Å²) in [6.07, 6.45) is 1.79. The Hall–Kier alpha value is -1.97. The third-order valence-corrected chi connectivity index (χ3v) is 2.67. The van der Waals surface area contributed by atoms with E-state index >= 15 is 0 Å². The van der Waals surface area contributed by atoms with Gasteiger partial charge in [0.1, 0.15) is 5.75 Å². The zero-order valence-electron chi connectivity index (χ0n) is 12.0. The Morgan fingerprint density at radius 2 is 2.21 bits per heavy atom. The number of nitrogens with zero attached hydrogens (tertiary/aromatic N) is 2. The topological polar surface area (TPSA) is 36.9 Å². The van der Waals surface area contributed by atoms with E-state index in [2.05, 4.69) is 34.8 Å². The van der Waals surface area contributed by atoms with Gasteiger partial charge in [-0.1, -0.05) is 24.3 Å². The van der Waals surface area contributed by atoms with Gasteiger partial charge in [0.15, 0.2) is 5.96 Å². The fraction of sp³-hybridized carbons (Fsp3) is 0.400. The molecule has 4 nitrogen and oxygen atoms in total. The summed E-state index contributed by atoms with van der Waals surface area (Å²) in [6.45, 7) is 7.94. The van der Waals surface area contributed by atoms with Crippen LogP contribution in [0.15, 0.2) is 41.9 Å². The first-order valence-electron chi connectivity index (χ1n) is 6.45. The largest absolute Gasteiger partial charge is 0.496 e. The van der Waals surface area contributed by atoms with Crippen molar-refractivity contribution in [3.05, 3.63) is 42.5 Å². The zero-order valence-corrected chi connectivity index (χ0v) is 12.0. The van der Waals surface area contributed by atoms with Gasteiger partial charge < -0.3 is 15.0 Å². The van der Waals surface area contributed by atoms with Crippen molar-refractivity contribution in [1.29, 1.82) is 0 Å². The molecular formula is C15H23N3O. The summed E-state index contributed by atoms with van der Waals surface area (Å²) in [5, 5.41) is 3.26. The highest BCUT2D eigenvalue weighted by Gasteiger charge is 2.09. The molecule has 1 N–H and O–H groups in total. The van der Waals surface area contributed by atoms with E-state index < -0.39 is 0 Å². The van der Waals surface area contributed by atoms with Crippen LogP contribution in [0.5, 0.6) is 5.75 Å². The molecule has 0 radical (unpaired) electrons. The van der Waals surface area contributed by atoms with E-state index in [4.69, 9.17) is 4.74 Å².